The molecule has 0 aliphatic carbocycles. The Kier molecular flexibility index (Phi) is 5.19. The molecule has 0 unspecified atom stereocenters. The predicted octanol–water partition coefficient (Wildman–Crippen LogP) is 0.632. The lowest BCUT2D eigenvalue weighted by molar-refractivity contribution is -0.143. The van der Waals surface area contributed by atoms with Crippen molar-refractivity contribution in [3.8, 4) is 0 Å². The standard InChI is InChI=1S/C8H12ClNO4/c1-4(9)2-5(7(11)12)3-6(10)8(13)14/h5-6H,1-3,10H2,(H,11,12)(H,13,14)/t5-,6+/m1/s1. The van der Waals surface area contributed by atoms with Crippen molar-refractivity contribution in [3.63, 3.8) is 0 Å². The van der Waals surface area contributed by atoms with Crippen LogP contribution in [0.3, 0.4) is 0 Å². The van der Waals surface area contributed by atoms with Gasteiger partial charge in [-0.05, 0) is 12.8 Å². The molecule has 0 aromatic rings. The van der Waals surface area contributed by atoms with Gasteiger partial charge in [0.05, 0.1) is 5.92 Å². The number of carboxylic acid groups (broad SMARTS) is 2. The summed E-state index contributed by atoms with van der Waals surface area (Å²) < 4.78 is 0. The number of nitrogens with two attached hydrogens (primary N) is 1. The van der Waals surface area contributed by atoms with E-state index in [0.717, 1.165) is 0 Å². The van der Waals surface area contributed by atoms with Gasteiger partial charge in [-0.1, -0.05) is 18.2 Å². The van der Waals surface area contributed by atoms with E-state index in [1.54, 1.807) is 0 Å². The van der Waals surface area contributed by atoms with Crippen LogP contribution in [0.4, 0.5) is 0 Å². The van der Waals surface area contributed by atoms with Gasteiger partial charge in [-0.3, -0.25) is 9.59 Å². The van der Waals surface area contributed by atoms with Crippen LogP contribution in [-0.2, 0) is 9.59 Å². The van der Waals surface area contributed by atoms with Crippen LogP contribution >= 0.6 is 11.6 Å². The Morgan fingerprint density at radius 2 is 1.86 bits per heavy atom. The van der Waals surface area contributed by atoms with Crippen molar-refractivity contribution in [2.75, 3.05) is 0 Å². The molecule has 0 aliphatic heterocycles. The van der Waals surface area contributed by atoms with Crippen LogP contribution in [0, 0.1) is 5.92 Å². The molecule has 0 heterocycles. The van der Waals surface area contributed by atoms with E-state index in [1.165, 1.54) is 0 Å². The molecule has 0 fully saturated rings. The molecule has 5 nitrogen and oxygen atoms in total. The van der Waals surface area contributed by atoms with Crippen LogP contribution in [-0.4, -0.2) is 28.2 Å². The van der Waals surface area contributed by atoms with Gasteiger partial charge < -0.3 is 15.9 Å². The number of allylic oxidation sites excluding steroid dienone is 1. The summed E-state index contributed by atoms with van der Waals surface area (Å²) in [7, 11) is 0. The average molecular weight is 222 g/mol. The van der Waals surface area contributed by atoms with Gasteiger partial charge in [-0.15, -0.1) is 0 Å². The fourth-order valence-electron chi connectivity index (χ4n) is 0.946. The molecule has 4 N–H and O–H groups in total. The average Bonchev–Trinajstić information content (AvgIpc) is 2.01. The van der Waals surface area contributed by atoms with Crippen LogP contribution in [0.1, 0.15) is 12.8 Å². The van der Waals surface area contributed by atoms with Gasteiger partial charge in [0.1, 0.15) is 6.04 Å². The zero-order valence-corrected chi connectivity index (χ0v) is 8.20. The first-order valence-electron chi connectivity index (χ1n) is 3.89. The fraction of sp³-hybridized carbons (Fsp3) is 0.500. The summed E-state index contributed by atoms with van der Waals surface area (Å²) in [6.07, 6.45) is -0.131. The molecule has 0 rings (SSSR count). The lowest BCUT2D eigenvalue weighted by Gasteiger charge is -2.13. The molecule has 6 heteroatoms. The molecule has 0 aromatic carbocycles. The van der Waals surface area contributed by atoms with Crippen LogP contribution in [0.25, 0.3) is 0 Å². The van der Waals surface area contributed by atoms with E-state index in [1.807, 2.05) is 0 Å². The predicted molar refractivity (Wildman–Crippen MR) is 51.0 cm³/mol. The summed E-state index contributed by atoms with van der Waals surface area (Å²) in [6.45, 7) is 3.34. The van der Waals surface area contributed by atoms with Gasteiger partial charge in [0, 0.05) is 5.03 Å². The lowest BCUT2D eigenvalue weighted by Crippen LogP contribution is -2.34. The van der Waals surface area contributed by atoms with Gasteiger partial charge in [0.2, 0.25) is 0 Å². The maximum atomic E-state index is 10.6. The number of aliphatic carboxylic acids is 2. The van der Waals surface area contributed by atoms with Crippen molar-refractivity contribution < 1.29 is 19.8 Å². The van der Waals surface area contributed by atoms with E-state index in [4.69, 9.17) is 27.5 Å². The van der Waals surface area contributed by atoms with E-state index in [-0.39, 0.29) is 17.9 Å². The maximum absolute atomic E-state index is 10.6. The SMILES string of the molecule is C=C(Cl)C[C@H](C[C@H](N)C(=O)O)C(=O)O. The number of carbonyl (C=O) groups is 2. The Labute approximate surface area is 86.2 Å². The zero-order chi connectivity index (χ0) is 11.3. The molecule has 0 saturated heterocycles. The van der Waals surface area contributed by atoms with Crippen molar-refractivity contribution in [3.05, 3.63) is 11.6 Å². The van der Waals surface area contributed by atoms with Crippen molar-refractivity contribution in [2.24, 2.45) is 11.7 Å². The largest absolute Gasteiger partial charge is 0.481 e. The summed E-state index contributed by atoms with van der Waals surface area (Å²) >= 11 is 5.43. The van der Waals surface area contributed by atoms with Crippen LogP contribution in [0.5, 0.6) is 0 Å². The second kappa shape index (κ2) is 5.62. The highest BCUT2D eigenvalue weighted by Gasteiger charge is 2.24. The van der Waals surface area contributed by atoms with E-state index < -0.39 is 23.9 Å². The number of hydrogen-bond acceptors (Lipinski definition) is 3. The Hall–Kier alpha value is -1.07. The Morgan fingerprint density at radius 3 is 2.14 bits per heavy atom. The first kappa shape index (κ1) is 12.9. The van der Waals surface area contributed by atoms with Gasteiger partial charge in [0.15, 0.2) is 0 Å². The molecule has 80 valence electrons. The third-order valence-corrected chi connectivity index (χ3v) is 1.83. The maximum Gasteiger partial charge on any atom is 0.320 e. The highest BCUT2D eigenvalue weighted by molar-refractivity contribution is 6.29. The fourth-order valence-corrected chi connectivity index (χ4v) is 1.13. The minimum Gasteiger partial charge on any atom is -0.481 e. The molecule has 0 aromatic heterocycles. The highest BCUT2D eigenvalue weighted by Crippen LogP contribution is 2.18. The zero-order valence-electron chi connectivity index (χ0n) is 7.44. The summed E-state index contributed by atoms with van der Waals surface area (Å²) in [4.78, 5) is 21.0. The summed E-state index contributed by atoms with van der Waals surface area (Å²) in [5.41, 5.74) is 5.20. The number of rotatable bonds is 6. The smallest absolute Gasteiger partial charge is 0.320 e. The molecular formula is C8H12ClNO4. The quantitative estimate of drug-likeness (QED) is 0.611. The molecule has 0 saturated carbocycles. The Balaban J connectivity index is 4.30. The highest BCUT2D eigenvalue weighted by atomic mass is 35.5. The number of hydrogen-bond donors (Lipinski definition) is 3. The van der Waals surface area contributed by atoms with Crippen molar-refractivity contribution in [2.45, 2.75) is 18.9 Å². The second-order valence-electron chi connectivity index (χ2n) is 2.94. The van der Waals surface area contributed by atoms with Crippen molar-refractivity contribution >= 4 is 23.5 Å². The number of halogens is 1. The molecule has 0 spiro atoms. The van der Waals surface area contributed by atoms with E-state index in [0.29, 0.717) is 0 Å². The molecule has 14 heavy (non-hydrogen) atoms. The summed E-state index contributed by atoms with van der Waals surface area (Å²) in [6, 6.07) is -1.19. The third kappa shape index (κ3) is 4.84. The van der Waals surface area contributed by atoms with Gasteiger partial charge >= 0.3 is 11.9 Å². The molecule has 0 bridgehead atoms. The molecule has 2 atom stereocenters. The number of carboxylic acids is 2. The van der Waals surface area contributed by atoms with E-state index in [9.17, 15) is 9.59 Å². The monoisotopic (exact) mass is 221 g/mol. The first-order valence-corrected chi connectivity index (χ1v) is 4.26. The van der Waals surface area contributed by atoms with Gasteiger partial charge in [-0.2, -0.15) is 0 Å². The van der Waals surface area contributed by atoms with Gasteiger partial charge in [0.25, 0.3) is 0 Å². The molecule has 0 aliphatic rings. The second-order valence-corrected chi connectivity index (χ2v) is 3.47. The van der Waals surface area contributed by atoms with Gasteiger partial charge in [-0.25, -0.2) is 0 Å². The Morgan fingerprint density at radius 1 is 1.36 bits per heavy atom. The molecule has 0 radical (unpaired) electrons. The lowest BCUT2D eigenvalue weighted by atomic mass is 9.97. The molecule has 0 amide bonds. The minimum atomic E-state index is -1.23. The Bertz CT molecular complexity index is 254. The first-order chi connectivity index (χ1) is 6.34. The topological polar surface area (TPSA) is 101 Å². The normalized spacial score (nSPS) is 14.4. The van der Waals surface area contributed by atoms with Crippen LogP contribution in [0.15, 0.2) is 11.6 Å². The minimum absolute atomic E-state index is 0.0257. The van der Waals surface area contributed by atoms with E-state index in [2.05, 4.69) is 6.58 Å². The summed E-state index contributed by atoms with van der Waals surface area (Å²) in [5.74, 6) is -3.24. The molecular weight excluding hydrogens is 210 g/mol. The third-order valence-electron chi connectivity index (χ3n) is 1.67. The van der Waals surface area contributed by atoms with Crippen molar-refractivity contribution in [1.29, 1.82) is 0 Å². The summed E-state index contributed by atoms with van der Waals surface area (Å²) in [5, 5.41) is 17.4. The van der Waals surface area contributed by atoms with E-state index >= 15 is 0 Å². The van der Waals surface area contributed by atoms with Crippen molar-refractivity contribution in [1.82, 2.24) is 0 Å². The van der Waals surface area contributed by atoms with Crippen LogP contribution < -0.4 is 5.73 Å². The van der Waals surface area contributed by atoms with Crippen LogP contribution in [0.2, 0.25) is 0 Å².